The van der Waals surface area contributed by atoms with Crippen LogP contribution in [0.25, 0.3) is 0 Å². The lowest BCUT2D eigenvalue weighted by molar-refractivity contribution is -0.132. The second kappa shape index (κ2) is 11.7. The van der Waals surface area contributed by atoms with E-state index in [1.54, 1.807) is 30.3 Å². The predicted octanol–water partition coefficient (Wildman–Crippen LogP) is 4.18. The smallest absolute Gasteiger partial charge is 0.337 e. The van der Waals surface area contributed by atoms with Gasteiger partial charge in [-0.05, 0) is 49.6 Å². The van der Waals surface area contributed by atoms with Crippen LogP contribution in [0.4, 0.5) is 0 Å². The molecule has 7 nitrogen and oxygen atoms in total. The summed E-state index contributed by atoms with van der Waals surface area (Å²) in [6, 6.07) is 11.8. The van der Waals surface area contributed by atoms with Gasteiger partial charge in [-0.15, -0.1) is 0 Å². The second-order valence-corrected chi connectivity index (χ2v) is 8.67. The molecule has 0 radical (unpaired) electrons. The second-order valence-electron chi connectivity index (χ2n) is 7.85. The number of ether oxygens (including phenoxy) is 3. The van der Waals surface area contributed by atoms with Crippen LogP contribution >= 0.6 is 23.2 Å². The fraction of sp³-hybridized carbons (Fsp3) is 0.417. The number of nitrogens with one attached hydrogen (secondary N) is 2. The molecule has 33 heavy (non-hydrogen) atoms. The van der Waals surface area contributed by atoms with Gasteiger partial charge in [0.2, 0.25) is 5.91 Å². The van der Waals surface area contributed by atoms with Gasteiger partial charge in [-0.2, -0.15) is 0 Å². The summed E-state index contributed by atoms with van der Waals surface area (Å²) in [6.07, 6.45) is 1.11. The average Bonchev–Trinajstić information content (AvgIpc) is 2.84. The first-order valence-electron chi connectivity index (χ1n) is 10.7. The number of methoxy groups -OCH3 is 1. The third-order valence-electron chi connectivity index (χ3n) is 5.69. The Morgan fingerprint density at radius 3 is 2.42 bits per heavy atom. The Hall–Kier alpha value is -2.32. The molecule has 2 aromatic carbocycles. The molecule has 2 aromatic rings. The zero-order chi connectivity index (χ0) is 23.8. The minimum absolute atomic E-state index is 0.0927. The summed E-state index contributed by atoms with van der Waals surface area (Å²) < 4.78 is 16.0. The number of esters is 1. The van der Waals surface area contributed by atoms with Crippen LogP contribution in [0.15, 0.2) is 42.5 Å². The van der Waals surface area contributed by atoms with Crippen molar-refractivity contribution >= 4 is 35.1 Å². The van der Waals surface area contributed by atoms with Crippen molar-refractivity contribution in [3.05, 3.63) is 63.6 Å². The van der Waals surface area contributed by atoms with E-state index in [4.69, 9.17) is 37.4 Å². The van der Waals surface area contributed by atoms with Gasteiger partial charge in [0.05, 0.1) is 28.8 Å². The lowest BCUT2D eigenvalue weighted by Crippen LogP contribution is -2.60. The van der Waals surface area contributed by atoms with Crippen molar-refractivity contribution in [1.82, 2.24) is 10.6 Å². The quantitative estimate of drug-likeness (QED) is 0.401. The molecule has 1 heterocycles. The fourth-order valence-corrected chi connectivity index (χ4v) is 3.96. The van der Waals surface area contributed by atoms with Gasteiger partial charge in [-0.1, -0.05) is 35.3 Å². The molecule has 0 bridgehead atoms. The van der Waals surface area contributed by atoms with E-state index >= 15 is 0 Å². The summed E-state index contributed by atoms with van der Waals surface area (Å²) in [5.41, 5.74) is 0.602. The first-order chi connectivity index (χ1) is 15.8. The third kappa shape index (κ3) is 6.60. The van der Waals surface area contributed by atoms with Gasteiger partial charge >= 0.3 is 5.97 Å². The first-order valence-corrected chi connectivity index (χ1v) is 11.5. The highest BCUT2D eigenvalue weighted by atomic mass is 35.5. The van der Waals surface area contributed by atoms with Crippen LogP contribution in [0.1, 0.15) is 41.7 Å². The van der Waals surface area contributed by atoms with Gasteiger partial charge in [-0.3, -0.25) is 10.1 Å². The maximum atomic E-state index is 13.3. The Kier molecular flexibility index (Phi) is 8.97. The van der Waals surface area contributed by atoms with Crippen LogP contribution in [0.2, 0.25) is 10.0 Å². The summed E-state index contributed by atoms with van der Waals surface area (Å²) in [4.78, 5) is 24.9. The van der Waals surface area contributed by atoms with E-state index in [0.717, 1.165) is 5.56 Å². The maximum absolute atomic E-state index is 13.3. The lowest BCUT2D eigenvalue weighted by atomic mass is 9.88. The third-order valence-corrected chi connectivity index (χ3v) is 6.42. The SMILES string of the molecule is COC(=O)c1ccc(C(C)NC(=O)C2(NCCOc3ccc(Cl)c(Cl)c3)CCOCC2)cc1. The lowest BCUT2D eigenvalue weighted by Gasteiger charge is -2.37. The minimum Gasteiger partial charge on any atom is -0.492 e. The van der Waals surface area contributed by atoms with Crippen molar-refractivity contribution in [1.29, 1.82) is 0 Å². The van der Waals surface area contributed by atoms with E-state index < -0.39 is 11.5 Å². The molecular weight excluding hydrogens is 467 g/mol. The van der Waals surface area contributed by atoms with Crippen LogP contribution in [-0.2, 0) is 14.3 Å². The normalized spacial score (nSPS) is 16.0. The Morgan fingerprint density at radius 2 is 1.79 bits per heavy atom. The summed E-state index contributed by atoms with van der Waals surface area (Å²) >= 11 is 12.0. The molecule has 9 heteroatoms. The van der Waals surface area contributed by atoms with Crippen LogP contribution in [0.3, 0.4) is 0 Å². The summed E-state index contributed by atoms with van der Waals surface area (Å²) in [5.74, 6) is 0.122. The summed E-state index contributed by atoms with van der Waals surface area (Å²) in [6.45, 7) is 3.73. The van der Waals surface area contributed by atoms with E-state index in [1.165, 1.54) is 7.11 Å². The minimum atomic E-state index is -0.751. The number of hydrogen-bond acceptors (Lipinski definition) is 6. The predicted molar refractivity (Wildman–Crippen MR) is 127 cm³/mol. The largest absolute Gasteiger partial charge is 0.492 e. The van der Waals surface area contributed by atoms with Crippen LogP contribution < -0.4 is 15.4 Å². The van der Waals surface area contributed by atoms with Crippen molar-refractivity contribution < 1.29 is 23.8 Å². The Balaban J connectivity index is 1.59. The van der Waals surface area contributed by atoms with E-state index in [-0.39, 0.29) is 11.9 Å². The monoisotopic (exact) mass is 494 g/mol. The Bertz CT molecular complexity index is 962. The standard InChI is InChI=1S/C24H28Cl2N2O5/c1-16(17-3-5-18(6-4-17)22(29)31-2)28-23(30)24(9-12-32-13-10-24)27-11-14-33-19-7-8-20(25)21(26)15-19/h3-8,15-16,27H,9-14H2,1-2H3,(H,28,30). The molecule has 1 saturated heterocycles. The van der Waals surface area contributed by atoms with Crippen LogP contribution in [-0.4, -0.2) is 50.9 Å². The topological polar surface area (TPSA) is 85.9 Å². The molecule has 0 saturated carbocycles. The number of carbonyl (C=O) groups is 2. The van der Waals surface area contributed by atoms with Gasteiger partial charge in [0.25, 0.3) is 0 Å². The summed E-state index contributed by atoms with van der Waals surface area (Å²) in [7, 11) is 1.34. The maximum Gasteiger partial charge on any atom is 0.337 e. The molecule has 3 rings (SSSR count). The van der Waals surface area contributed by atoms with E-state index in [2.05, 4.69) is 10.6 Å². The molecule has 0 aliphatic carbocycles. The molecule has 1 atom stereocenters. The first kappa shape index (κ1) is 25.3. The van der Waals surface area contributed by atoms with Crippen molar-refractivity contribution in [3.8, 4) is 5.75 Å². The number of amides is 1. The molecule has 1 amide bonds. The molecule has 0 spiro atoms. The van der Waals surface area contributed by atoms with Gasteiger partial charge in [0.1, 0.15) is 17.9 Å². The van der Waals surface area contributed by atoms with Gasteiger partial charge < -0.3 is 19.5 Å². The van der Waals surface area contributed by atoms with E-state index in [1.807, 2.05) is 19.1 Å². The van der Waals surface area contributed by atoms with Gasteiger partial charge in [0.15, 0.2) is 0 Å². The van der Waals surface area contributed by atoms with Crippen molar-refractivity contribution in [2.45, 2.75) is 31.3 Å². The molecule has 178 valence electrons. The number of carbonyl (C=O) groups excluding carboxylic acids is 2. The molecule has 1 fully saturated rings. The Morgan fingerprint density at radius 1 is 1.09 bits per heavy atom. The zero-order valence-electron chi connectivity index (χ0n) is 18.7. The van der Waals surface area contributed by atoms with Crippen LogP contribution in [0, 0.1) is 0 Å². The van der Waals surface area contributed by atoms with Crippen LogP contribution in [0.5, 0.6) is 5.75 Å². The Labute approximate surface area is 203 Å². The van der Waals surface area contributed by atoms with Crippen molar-refractivity contribution in [2.75, 3.05) is 33.5 Å². The zero-order valence-corrected chi connectivity index (χ0v) is 20.2. The highest BCUT2D eigenvalue weighted by Gasteiger charge is 2.40. The molecule has 0 aromatic heterocycles. The molecule has 1 aliphatic heterocycles. The van der Waals surface area contributed by atoms with Crippen molar-refractivity contribution in [3.63, 3.8) is 0 Å². The number of benzene rings is 2. The van der Waals surface area contributed by atoms with Gasteiger partial charge in [-0.25, -0.2) is 4.79 Å². The van der Waals surface area contributed by atoms with E-state index in [0.29, 0.717) is 60.6 Å². The highest BCUT2D eigenvalue weighted by Crippen LogP contribution is 2.27. The fourth-order valence-electron chi connectivity index (χ4n) is 3.67. The number of halogens is 2. The highest BCUT2D eigenvalue weighted by molar-refractivity contribution is 6.42. The molecule has 1 unspecified atom stereocenters. The molecule has 1 aliphatic rings. The average molecular weight is 495 g/mol. The number of rotatable bonds is 9. The summed E-state index contributed by atoms with van der Waals surface area (Å²) in [5, 5.41) is 7.37. The molecule has 2 N–H and O–H groups in total. The number of hydrogen-bond donors (Lipinski definition) is 2. The van der Waals surface area contributed by atoms with Crippen molar-refractivity contribution in [2.24, 2.45) is 0 Å². The van der Waals surface area contributed by atoms with Gasteiger partial charge in [0, 0.05) is 25.8 Å². The molecular formula is C24H28Cl2N2O5. The van der Waals surface area contributed by atoms with E-state index in [9.17, 15) is 9.59 Å².